The lowest BCUT2D eigenvalue weighted by Crippen LogP contribution is -2.46. The van der Waals surface area contributed by atoms with Gasteiger partial charge in [-0.25, -0.2) is 0 Å². The summed E-state index contributed by atoms with van der Waals surface area (Å²) in [6.07, 6.45) is 6.13. The molecular weight excluding hydrogens is 174 g/mol. The first-order chi connectivity index (χ1) is 6.57. The molecule has 1 aromatic heterocycles. The molecule has 1 saturated carbocycles. The molecule has 2 rings (SSSR count). The molecule has 0 spiro atoms. The molecule has 1 aromatic rings. The van der Waals surface area contributed by atoms with Crippen LogP contribution in [0, 0.1) is 5.41 Å². The van der Waals surface area contributed by atoms with Gasteiger partial charge in [0.15, 0.2) is 0 Å². The summed E-state index contributed by atoms with van der Waals surface area (Å²) < 4.78 is 5.07. The molecule has 0 bridgehead atoms. The number of nitrogens with one attached hydrogen (secondary N) is 1. The van der Waals surface area contributed by atoms with Crippen molar-refractivity contribution in [3.05, 3.63) is 24.2 Å². The van der Waals surface area contributed by atoms with Gasteiger partial charge in [-0.05, 0) is 31.2 Å². The minimum absolute atomic E-state index is 0.412. The van der Waals surface area contributed by atoms with Crippen molar-refractivity contribution in [2.24, 2.45) is 5.41 Å². The molecule has 78 valence electrons. The van der Waals surface area contributed by atoms with Crippen LogP contribution in [0.2, 0.25) is 0 Å². The van der Waals surface area contributed by atoms with Crippen LogP contribution in [0.5, 0.6) is 0 Å². The topological polar surface area (TPSA) is 25.2 Å². The fourth-order valence-corrected chi connectivity index (χ4v) is 2.36. The van der Waals surface area contributed by atoms with Gasteiger partial charge in [-0.1, -0.05) is 13.8 Å². The van der Waals surface area contributed by atoms with Gasteiger partial charge in [0.1, 0.15) is 0 Å². The molecule has 2 heteroatoms. The van der Waals surface area contributed by atoms with Gasteiger partial charge in [-0.2, -0.15) is 0 Å². The number of furan rings is 1. The summed E-state index contributed by atoms with van der Waals surface area (Å²) in [5.74, 6) is 0. The van der Waals surface area contributed by atoms with Crippen LogP contribution in [0.25, 0.3) is 0 Å². The Morgan fingerprint density at radius 1 is 1.50 bits per heavy atom. The van der Waals surface area contributed by atoms with Gasteiger partial charge in [-0.3, -0.25) is 0 Å². The van der Waals surface area contributed by atoms with E-state index < -0.39 is 0 Å². The zero-order chi connectivity index (χ0) is 10.2. The lowest BCUT2D eigenvalue weighted by atomic mass is 9.68. The zero-order valence-corrected chi connectivity index (χ0v) is 9.21. The second-order valence-electron chi connectivity index (χ2n) is 5.21. The summed E-state index contributed by atoms with van der Waals surface area (Å²) >= 11 is 0. The highest BCUT2D eigenvalue weighted by Gasteiger charge is 2.36. The van der Waals surface area contributed by atoms with Crippen LogP contribution in [0.4, 0.5) is 0 Å². The van der Waals surface area contributed by atoms with Gasteiger partial charge in [-0.15, -0.1) is 0 Å². The van der Waals surface area contributed by atoms with Crippen molar-refractivity contribution in [2.75, 3.05) is 0 Å². The van der Waals surface area contributed by atoms with E-state index in [9.17, 15) is 0 Å². The summed E-state index contributed by atoms with van der Waals surface area (Å²) in [5, 5.41) is 3.61. The molecule has 0 amide bonds. The Hall–Kier alpha value is -0.760. The van der Waals surface area contributed by atoms with E-state index in [0.29, 0.717) is 17.5 Å². The van der Waals surface area contributed by atoms with Crippen molar-refractivity contribution in [3.8, 4) is 0 Å². The van der Waals surface area contributed by atoms with Crippen molar-refractivity contribution in [1.29, 1.82) is 0 Å². The Morgan fingerprint density at radius 2 is 2.21 bits per heavy atom. The third-order valence-corrected chi connectivity index (χ3v) is 3.13. The molecule has 0 radical (unpaired) electrons. The highest BCUT2D eigenvalue weighted by Crippen LogP contribution is 2.40. The molecule has 1 aliphatic rings. The fraction of sp³-hybridized carbons (Fsp3) is 0.667. The van der Waals surface area contributed by atoms with Crippen molar-refractivity contribution in [1.82, 2.24) is 5.32 Å². The summed E-state index contributed by atoms with van der Waals surface area (Å²) in [7, 11) is 0. The van der Waals surface area contributed by atoms with Gasteiger partial charge in [0.2, 0.25) is 0 Å². The molecule has 14 heavy (non-hydrogen) atoms. The average molecular weight is 193 g/mol. The predicted octanol–water partition coefficient (Wildman–Crippen LogP) is 3.12. The summed E-state index contributed by atoms with van der Waals surface area (Å²) in [6, 6.07) is 3.13. The van der Waals surface area contributed by atoms with Crippen LogP contribution in [0.3, 0.4) is 0 Å². The molecule has 0 saturated heterocycles. The van der Waals surface area contributed by atoms with Crippen LogP contribution in [-0.4, -0.2) is 6.04 Å². The minimum Gasteiger partial charge on any atom is -0.472 e. The molecule has 1 heterocycles. The van der Waals surface area contributed by atoms with E-state index in [2.05, 4.69) is 26.1 Å². The summed E-state index contributed by atoms with van der Waals surface area (Å²) in [4.78, 5) is 0. The fourth-order valence-electron chi connectivity index (χ4n) is 2.36. The van der Waals surface area contributed by atoms with Gasteiger partial charge >= 0.3 is 0 Å². The van der Waals surface area contributed by atoms with E-state index in [1.165, 1.54) is 18.4 Å². The van der Waals surface area contributed by atoms with Crippen LogP contribution in [-0.2, 0) is 0 Å². The Balaban J connectivity index is 1.82. The number of rotatable bonds is 3. The van der Waals surface area contributed by atoms with E-state index in [1.54, 1.807) is 6.26 Å². The van der Waals surface area contributed by atoms with E-state index in [0.717, 1.165) is 0 Å². The second kappa shape index (κ2) is 3.43. The smallest absolute Gasteiger partial charge is 0.0950 e. The second-order valence-corrected chi connectivity index (χ2v) is 5.21. The van der Waals surface area contributed by atoms with E-state index in [1.807, 2.05) is 12.3 Å². The Kier molecular flexibility index (Phi) is 2.40. The molecule has 1 N–H and O–H groups in total. The lowest BCUT2D eigenvalue weighted by Gasteiger charge is -2.44. The third kappa shape index (κ3) is 2.01. The normalized spacial score (nSPS) is 23.1. The molecular formula is C12H19NO. The first kappa shape index (κ1) is 9.78. The zero-order valence-electron chi connectivity index (χ0n) is 9.21. The van der Waals surface area contributed by atoms with Gasteiger partial charge < -0.3 is 9.73 Å². The molecule has 1 atom stereocenters. The van der Waals surface area contributed by atoms with E-state index in [4.69, 9.17) is 4.42 Å². The SMILES string of the molecule is CC(NC1CC(C)(C)C1)c1ccoc1. The van der Waals surface area contributed by atoms with E-state index in [-0.39, 0.29) is 0 Å². The monoisotopic (exact) mass is 193 g/mol. The summed E-state index contributed by atoms with van der Waals surface area (Å²) in [5.41, 5.74) is 1.79. The van der Waals surface area contributed by atoms with Crippen LogP contribution in [0.15, 0.2) is 23.0 Å². The third-order valence-electron chi connectivity index (χ3n) is 3.13. The summed E-state index contributed by atoms with van der Waals surface area (Å²) in [6.45, 7) is 6.84. The quantitative estimate of drug-likeness (QED) is 0.798. The van der Waals surface area contributed by atoms with Crippen LogP contribution < -0.4 is 5.32 Å². The lowest BCUT2D eigenvalue weighted by molar-refractivity contribution is 0.118. The number of hydrogen-bond donors (Lipinski definition) is 1. The largest absolute Gasteiger partial charge is 0.472 e. The van der Waals surface area contributed by atoms with Gasteiger partial charge in [0, 0.05) is 17.6 Å². The molecule has 1 fully saturated rings. The Labute approximate surface area is 85.7 Å². The standard InChI is InChI=1S/C12H19NO/c1-9(10-4-5-14-8-10)13-11-6-12(2,3)7-11/h4-5,8-9,11,13H,6-7H2,1-3H3. The molecule has 1 unspecified atom stereocenters. The molecule has 0 aliphatic heterocycles. The predicted molar refractivity (Wildman–Crippen MR) is 57.1 cm³/mol. The average Bonchev–Trinajstić information content (AvgIpc) is 2.51. The van der Waals surface area contributed by atoms with Crippen molar-refractivity contribution in [3.63, 3.8) is 0 Å². The van der Waals surface area contributed by atoms with Crippen LogP contribution in [0.1, 0.15) is 45.2 Å². The van der Waals surface area contributed by atoms with Crippen molar-refractivity contribution in [2.45, 2.75) is 45.7 Å². The maximum atomic E-state index is 5.07. The van der Waals surface area contributed by atoms with Crippen LogP contribution >= 0.6 is 0 Å². The molecule has 0 aromatic carbocycles. The Bertz CT molecular complexity index is 281. The van der Waals surface area contributed by atoms with Gasteiger partial charge in [0.05, 0.1) is 12.5 Å². The highest BCUT2D eigenvalue weighted by atomic mass is 16.3. The first-order valence-corrected chi connectivity index (χ1v) is 5.35. The minimum atomic E-state index is 0.412. The maximum absolute atomic E-state index is 5.07. The number of hydrogen-bond acceptors (Lipinski definition) is 2. The molecule has 2 nitrogen and oxygen atoms in total. The van der Waals surface area contributed by atoms with Crippen molar-refractivity contribution < 1.29 is 4.42 Å². The highest BCUT2D eigenvalue weighted by molar-refractivity contribution is 5.11. The molecule has 1 aliphatic carbocycles. The maximum Gasteiger partial charge on any atom is 0.0950 e. The van der Waals surface area contributed by atoms with Gasteiger partial charge in [0.25, 0.3) is 0 Å². The Morgan fingerprint density at radius 3 is 2.71 bits per heavy atom. The van der Waals surface area contributed by atoms with Crippen molar-refractivity contribution >= 4 is 0 Å². The van der Waals surface area contributed by atoms with E-state index >= 15 is 0 Å². The first-order valence-electron chi connectivity index (χ1n) is 5.35.